The van der Waals surface area contributed by atoms with Gasteiger partial charge in [-0.1, -0.05) is 17.2 Å². The van der Waals surface area contributed by atoms with Crippen LogP contribution in [0.4, 0.5) is 6.01 Å². The van der Waals surface area contributed by atoms with Gasteiger partial charge in [-0.15, -0.1) is 5.10 Å². The van der Waals surface area contributed by atoms with E-state index in [2.05, 4.69) is 15.2 Å². The van der Waals surface area contributed by atoms with Gasteiger partial charge in [0, 0.05) is 18.6 Å². The molecule has 0 aliphatic carbocycles. The lowest BCUT2D eigenvalue weighted by Crippen LogP contribution is -2.04. The highest BCUT2D eigenvalue weighted by molar-refractivity contribution is 5.92. The number of benzene rings is 2. The molecule has 3 heterocycles. The van der Waals surface area contributed by atoms with Gasteiger partial charge >= 0.3 is 6.01 Å². The summed E-state index contributed by atoms with van der Waals surface area (Å²) in [5.41, 5.74) is 8.77. The van der Waals surface area contributed by atoms with E-state index in [9.17, 15) is 0 Å². The maximum atomic E-state index is 5.67. The highest BCUT2D eigenvalue weighted by atomic mass is 16.5. The monoisotopic (exact) mass is 402 g/mol. The molecular formula is C21H18N6O3. The van der Waals surface area contributed by atoms with Crippen LogP contribution < -0.4 is 10.5 Å². The van der Waals surface area contributed by atoms with E-state index in [-0.39, 0.29) is 6.01 Å². The van der Waals surface area contributed by atoms with Crippen molar-refractivity contribution in [1.29, 1.82) is 0 Å². The van der Waals surface area contributed by atoms with Crippen LogP contribution in [0.2, 0.25) is 0 Å². The van der Waals surface area contributed by atoms with Crippen molar-refractivity contribution in [2.75, 3.05) is 26.1 Å². The lowest BCUT2D eigenvalue weighted by Gasteiger charge is -2.08. The van der Waals surface area contributed by atoms with Crippen LogP contribution in [0.5, 0.6) is 5.75 Å². The van der Waals surface area contributed by atoms with Crippen molar-refractivity contribution < 1.29 is 13.9 Å². The molecular weight excluding hydrogens is 384 g/mol. The molecule has 0 fully saturated rings. The maximum Gasteiger partial charge on any atom is 0.313 e. The molecule has 2 aromatic carbocycles. The molecule has 0 amide bonds. The lowest BCUT2D eigenvalue weighted by atomic mass is 10.1. The predicted molar refractivity (Wildman–Crippen MR) is 111 cm³/mol. The first-order chi connectivity index (χ1) is 14.7. The first-order valence-corrected chi connectivity index (χ1v) is 9.31. The largest absolute Gasteiger partial charge is 0.491 e. The average Bonchev–Trinajstić information content (AvgIpc) is 3.39. The second-order valence-corrected chi connectivity index (χ2v) is 6.60. The molecule has 0 bridgehead atoms. The molecule has 0 aliphatic rings. The van der Waals surface area contributed by atoms with E-state index < -0.39 is 0 Å². The normalized spacial score (nSPS) is 11.4. The fourth-order valence-electron chi connectivity index (χ4n) is 3.29. The van der Waals surface area contributed by atoms with Crippen molar-refractivity contribution in [3.8, 4) is 23.0 Å². The number of anilines is 1. The van der Waals surface area contributed by atoms with Crippen LogP contribution in [0.15, 0.2) is 59.3 Å². The van der Waals surface area contributed by atoms with Gasteiger partial charge in [0.05, 0.1) is 28.7 Å². The Kier molecular flexibility index (Phi) is 4.49. The van der Waals surface area contributed by atoms with Crippen LogP contribution in [-0.2, 0) is 4.74 Å². The van der Waals surface area contributed by atoms with Crippen LogP contribution >= 0.6 is 0 Å². The Morgan fingerprint density at radius 2 is 2.00 bits per heavy atom. The Morgan fingerprint density at radius 1 is 1.07 bits per heavy atom. The van der Waals surface area contributed by atoms with Gasteiger partial charge in [0.1, 0.15) is 24.5 Å². The van der Waals surface area contributed by atoms with Crippen LogP contribution in [0.25, 0.3) is 39.2 Å². The number of hydrogen-bond donors (Lipinski definition) is 1. The summed E-state index contributed by atoms with van der Waals surface area (Å²) in [4.78, 5) is 9.35. The van der Waals surface area contributed by atoms with Gasteiger partial charge in [0.15, 0.2) is 0 Å². The standard InChI is InChI=1S/C21H18N6O3/c1-28-9-10-29-14-6-7-17-16(11-14)23-12-27(17)18-8-5-13-3-2-4-15(19(13)24-18)20-25-26-21(22)30-20/h2-8,11-12H,9-10H2,1H3,(H2,22,26). The summed E-state index contributed by atoms with van der Waals surface area (Å²) in [7, 11) is 1.64. The number of para-hydroxylation sites is 1. The molecule has 9 heteroatoms. The van der Waals surface area contributed by atoms with Crippen LogP contribution in [0, 0.1) is 0 Å². The number of rotatable bonds is 6. The molecule has 0 saturated heterocycles. The van der Waals surface area contributed by atoms with Gasteiger partial charge in [0.25, 0.3) is 5.89 Å². The number of nitrogen functional groups attached to an aromatic ring is 1. The SMILES string of the molecule is COCCOc1ccc2c(c1)ncn2-c1ccc2cccc(-c3nnc(N)o3)c2n1. The fourth-order valence-corrected chi connectivity index (χ4v) is 3.29. The molecule has 0 radical (unpaired) electrons. The van der Waals surface area contributed by atoms with Crippen molar-refractivity contribution in [2.45, 2.75) is 0 Å². The highest BCUT2D eigenvalue weighted by Crippen LogP contribution is 2.29. The first kappa shape index (κ1) is 18.1. The quantitative estimate of drug-likeness (QED) is 0.431. The summed E-state index contributed by atoms with van der Waals surface area (Å²) in [5, 5.41) is 8.69. The van der Waals surface area contributed by atoms with E-state index in [1.807, 2.05) is 53.1 Å². The van der Waals surface area contributed by atoms with E-state index in [1.165, 1.54) is 0 Å². The predicted octanol–water partition coefficient (Wildman–Crippen LogP) is 3.23. The molecule has 5 aromatic rings. The Bertz CT molecular complexity index is 1340. The van der Waals surface area contributed by atoms with Crippen molar-refractivity contribution in [1.82, 2.24) is 24.7 Å². The third-order valence-electron chi connectivity index (χ3n) is 4.70. The number of hydrogen-bond acceptors (Lipinski definition) is 8. The van der Waals surface area contributed by atoms with Crippen LogP contribution in [-0.4, -0.2) is 45.1 Å². The number of imidazole rings is 1. The average molecular weight is 402 g/mol. The third-order valence-corrected chi connectivity index (χ3v) is 4.70. The van der Waals surface area contributed by atoms with Gasteiger partial charge in [-0.05, 0) is 30.3 Å². The number of aromatic nitrogens is 5. The summed E-state index contributed by atoms with van der Waals surface area (Å²) in [6.07, 6.45) is 1.74. The number of fused-ring (bicyclic) bond motifs is 2. The molecule has 0 atom stereocenters. The van der Waals surface area contributed by atoms with E-state index in [4.69, 9.17) is 24.6 Å². The summed E-state index contributed by atoms with van der Waals surface area (Å²) >= 11 is 0. The molecule has 30 heavy (non-hydrogen) atoms. The smallest absolute Gasteiger partial charge is 0.313 e. The number of pyridine rings is 1. The summed E-state index contributed by atoms with van der Waals surface area (Å²) in [5.74, 6) is 1.79. The van der Waals surface area contributed by atoms with Gasteiger partial charge in [-0.25, -0.2) is 9.97 Å². The minimum atomic E-state index is 0.0160. The zero-order valence-electron chi connectivity index (χ0n) is 16.1. The minimum Gasteiger partial charge on any atom is -0.491 e. The Labute approximate surface area is 171 Å². The van der Waals surface area contributed by atoms with Crippen molar-refractivity contribution >= 4 is 28.0 Å². The second kappa shape index (κ2) is 7.45. The molecule has 0 spiro atoms. The molecule has 150 valence electrons. The minimum absolute atomic E-state index is 0.0160. The number of nitrogens with two attached hydrogens (primary N) is 1. The molecule has 0 aliphatic heterocycles. The van der Waals surface area contributed by atoms with E-state index in [1.54, 1.807) is 13.4 Å². The maximum absolute atomic E-state index is 5.67. The van der Waals surface area contributed by atoms with Crippen molar-refractivity contribution in [3.05, 3.63) is 54.9 Å². The molecule has 2 N–H and O–H groups in total. The van der Waals surface area contributed by atoms with E-state index >= 15 is 0 Å². The first-order valence-electron chi connectivity index (χ1n) is 9.31. The summed E-state index contributed by atoms with van der Waals surface area (Å²) < 4.78 is 18.0. The van der Waals surface area contributed by atoms with Gasteiger partial charge in [0.2, 0.25) is 0 Å². The Morgan fingerprint density at radius 3 is 2.83 bits per heavy atom. The number of ether oxygens (including phenoxy) is 2. The fraction of sp³-hybridized carbons (Fsp3) is 0.143. The van der Waals surface area contributed by atoms with E-state index in [0.717, 1.165) is 39.1 Å². The zero-order chi connectivity index (χ0) is 20.5. The van der Waals surface area contributed by atoms with E-state index in [0.29, 0.717) is 19.1 Å². The lowest BCUT2D eigenvalue weighted by molar-refractivity contribution is 0.146. The van der Waals surface area contributed by atoms with Crippen LogP contribution in [0.1, 0.15) is 0 Å². The van der Waals surface area contributed by atoms with Crippen molar-refractivity contribution in [2.24, 2.45) is 0 Å². The highest BCUT2D eigenvalue weighted by Gasteiger charge is 2.14. The molecule has 9 nitrogen and oxygen atoms in total. The topological polar surface area (TPSA) is 114 Å². The van der Waals surface area contributed by atoms with Gasteiger partial charge in [-0.3, -0.25) is 4.57 Å². The molecule has 3 aromatic heterocycles. The van der Waals surface area contributed by atoms with Crippen molar-refractivity contribution in [3.63, 3.8) is 0 Å². The molecule has 0 saturated carbocycles. The molecule has 0 unspecified atom stereocenters. The Balaban J connectivity index is 1.57. The second-order valence-electron chi connectivity index (χ2n) is 6.60. The third kappa shape index (κ3) is 3.20. The zero-order valence-corrected chi connectivity index (χ0v) is 16.1. The van der Waals surface area contributed by atoms with Gasteiger partial charge in [-0.2, -0.15) is 0 Å². The Hall–Kier alpha value is -3.98. The van der Waals surface area contributed by atoms with Crippen LogP contribution in [0.3, 0.4) is 0 Å². The summed E-state index contributed by atoms with van der Waals surface area (Å²) in [6.45, 7) is 1.01. The summed E-state index contributed by atoms with van der Waals surface area (Å²) in [6, 6.07) is 15.5. The number of nitrogens with zero attached hydrogens (tertiary/aromatic N) is 5. The number of methoxy groups -OCH3 is 1. The molecule has 5 rings (SSSR count). The van der Waals surface area contributed by atoms with Gasteiger partial charge < -0.3 is 19.6 Å².